The van der Waals surface area contributed by atoms with Gasteiger partial charge in [0.15, 0.2) is 5.82 Å². The van der Waals surface area contributed by atoms with Crippen molar-refractivity contribution >= 4 is 39.2 Å². The quantitative estimate of drug-likeness (QED) is 0.317. The molecule has 5 rings (SSSR count). The number of carbonyl (C=O) groups excluding carboxylic acids is 1. The Morgan fingerprint density at radius 2 is 1.76 bits per heavy atom. The Morgan fingerprint density at radius 1 is 1.07 bits per heavy atom. The van der Waals surface area contributed by atoms with Crippen LogP contribution in [-0.4, -0.2) is 104 Å². The highest BCUT2D eigenvalue weighted by Gasteiger charge is 2.35. The summed E-state index contributed by atoms with van der Waals surface area (Å²) in [5, 5.41) is 19.9. The van der Waals surface area contributed by atoms with Crippen molar-refractivity contribution in [1.29, 1.82) is 0 Å². The zero-order valence-corrected chi connectivity index (χ0v) is 25.9. The van der Waals surface area contributed by atoms with E-state index in [0.717, 1.165) is 36.2 Å². The highest BCUT2D eigenvalue weighted by atomic mass is 32.2. The lowest BCUT2D eigenvalue weighted by Gasteiger charge is -2.34. The smallest absolute Gasteiger partial charge is 0.432 e. The molecule has 0 bridgehead atoms. The van der Waals surface area contributed by atoms with Crippen LogP contribution in [0.1, 0.15) is 28.5 Å². The van der Waals surface area contributed by atoms with Crippen LogP contribution in [0.25, 0.3) is 0 Å². The summed E-state index contributed by atoms with van der Waals surface area (Å²) in [5.74, 6) is -2.85. The molecule has 2 aromatic carbocycles. The van der Waals surface area contributed by atoms with E-state index < -0.39 is 38.6 Å². The lowest BCUT2D eigenvalue weighted by atomic mass is 10.1. The van der Waals surface area contributed by atoms with E-state index in [9.17, 15) is 31.9 Å². The molecule has 16 heteroatoms. The molecule has 1 atom stereocenters. The molecule has 3 aromatic rings. The van der Waals surface area contributed by atoms with Gasteiger partial charge in [-0.3, -0.25) is 4.79 Å². The van der Waals surface area contributed by atoms with Gasteiger partial charge in [-0.05, 0) is 44.3 Å². The molecule has 0 radical (unpaired) electrons. The second-order valence-corrected chi connectivity index (χ2v) is 13.1. The fourth-order valence-corrected chi connectivity index (χ4v) is 6.98. The molecule has 3 N–H and O–H groups in total. The molecule has 2 aliphatic heterocycles. The zero-order valence-electron chi connectivity index (χ0n) is 25.1. The molecular formula is C29H35F2N7O6S. The Labute approximate surface area is 259 Å². The number of carboxylic acid groups (broad SMARTS) is 1. The fraction of sp³-hybridized carbons (Fsp3) is 0.414. The number of methoxy groups -OCH3 is 1. The van der Waals surface area contributed by atoms with E-state index in [-0.39, 0.29) is 48.2 Å². The number of carbonyl (C=O) groups is 2. The Hall–Kier alpha value is -4.12. The predicted molar refractivity (Wildman–Crippen MR) is 162 cm³/mol. The van der Waals surface area contributed by atoms with E-state index >= 15 is 0 Å². The van der Waals surface area contributed by atoms with Crippen molar-refractivity contribution in [3.8, 4) is 0 Å². The number of anilines is 3. The van der Waals surface area contributed by atoms with Crippen LogP contribution in [0.4, 0.5) is 30.8 Å². The van der Waals surface area contributed by atoms with Crippen molar-refractivity contribution in [2.45, 2.75) is 30.8 Å². The second kappa shape index (κ2) is 13.1. The average Bonchev–Trinajstić information content (AvgIpc) is 3.35. The molecule has 1 aromatic heterocycles. The maximum Gasteiger partial charge on any atom is 0.432 e. The maximum absolute atomic E-state index is 13.9. The van der Waals surface area contributed by atoms with Crippen molar-refractivity contribution in [1.82, 2.24) is 19.0 Å². The molecule has 13 nitrogen and oxygen atoms in total. The topological polar surface area (TPSA) is 149 Å². The summed E-state index contributed by atoms with van der Waals surface area (Å²) < 4.78 is 61.3. The molecule has 0 unspecified atom stereocenters. The summed E-state index contributed by atoms with van der Waals surface area (Å²) in [6.07, 6.45) is -1.48. The van der Waals surface area contributed by atoms with E-state index in [1.54, 1.807) is 13.2 Å². The number of benzene rings is 2. The molecule has 3 heterocycles. The molecule has 1 fully saturated rings. The van der Waals surface area contributed by atoms with E-state index in [2.05, 4.69) is 32.6 Å². The van der Waals surface area contributed by atoms with Gasteiger partial charge < -0.3 is 30.3 Å². The van der Waals surface area contributed by atoms with E-state index in [1.807, 2.05) is 19.1 Å². The number of nitrogens with zero attached hydrogens (tertiary/aromatic N) is 5. The van der Waals surface area contributed by atoms with Gasteiger partial charge in [0.1, 0.15) is 11.6 Å². The number of aromatic nitrogens is 2. The number of sulfonamides is 1. The van der Waals surface area contributed by atoms with Crippen LogP contribution in [0, 0.1) is 11.6 Å². The number of hydrogen-bond acceptors (Lipinski definition) is 9. The van der Waals surface area contributed by atoms with Crippen LogP contribution < -0.4 is 15.5 Å². The Morgan fingerprint density at radius 3 is 2.40 bits per heavy atom. The predicted octanol–water partition coefficient (Wildman–Crippen LogP) is 2.89. The average molecular weight is 648 g/mol. The van der Waals surface area contributed by atoms with Gasteiger partial charge in [0, 0.05) is 81.8 Å². The number of piperazine rings is 1. The number of halogens is 2. The van der Waals surface area contributed by atoms with Crippen molar-refractivity contribution in [2.75, 3.05) is 69.0 Å². The number of fused-ring (bicyclic) bond motifs is 1. The van der Waals surface area contributed by atoms with Crippen LogP contribution in [0.2, 0.25) is 0 Å². The largest absolute Gasteiger partial charge is 0.463 e. The standard InChI is InChI=1S/C29H35F2N7O6S/c1-18(17-44-3)32-25-15-21(36-10-8-35(2)9-11-36)4-5-23(25)28(39)33-27-24-16-37(7-6-26(24)38(34-27)29(40)41)45(42,43)22-13-19(30)12-20(31)14-22/h4-5,12-15,18,32H,6-11,16-17H2,1-3H3,(H,40,41)(H,33,34,39)/t18-/m0/s1. The van der Waals surface area contributed by atoms with Crippen LogP contribution in [0.15, 0.2) is 41.3 Å². The highest BCUT2D eigenvalue weighted by Crippen LogP contribution is 2.32. The summed E-state index contributed by atoms with van der Waals surface area (Å²) in [4.78, 5) is 29.6. The van der Waals surface area contributed by atoms with E-state index in [1.165, 1.54) is 0 Å². The summed E-state index contributed by atoms with van der Waals surface area (Å²) in [5.41, 5.74) is 2.07. The Kier molecular flexibility index (Phi) is 9.38. The normalized spacial score (nSPS) is 16.7. The third-order valence-corrected chi connectivity index (χ3v) is 9.67. The molecule has 0 aliphatic carbocycles. The summed E-state index contributed by atoms with van der Waals surface area (Å²) in [6, 6.07) is 7.21. The molecule has 1 saturated heterocycles. The molecule has 1 amide bonds. The van der Waals surface area contributed by atoms with Gasteiger partial charge in [0.2, 0.25) is 10.0 Å². The fourth-order valence-electron chi connectivity index (χ4n) is 5.53. The minimum absolute atomic E-state index is 0.0669. The lowest BCUT2D eigenvalue weighted by molar-refractivity contribution is 0.102. The molecule has 2 aliphatic rings. The van der Waals surface area contributed by atoms with Crippen molar-refractivity contribution < 1.29 is 36.6 Å². The minimum atomic E-state index is -4.38. The summed E-state index contributed by atoms with van der Waals surface area (Å²) >= 11 is 0. The number of amides is 1. The van der Waals surface area contributed by atoms with E-state index in [4.69, 9.17) is 4.74 Å². The number of ether oxygens (including phenoxy) is 1. The summed E-state index contributed by atoms with van der Waals surface area (Å²) in [6.45, 7) is 5.14. The van der Waals surface area contributed by atoms with Gasteiger partial charge in [-0.2, -0.15) is 8.99 Å². The number of hydrogen-bond donors (Lipinski definition) is 3. The van der Waals surface area contributed by atoms with Crippen molar-refractivity contribution in [3.05, 3.63) is 64.9 Å². The Bertz CT molecular complexity index is 1690. The number of likely N-dealkylation sites (N-methyl/N-ethyl adjacent to an activating group) is 1. The van der Waals surface area contributed by atoms with Gasteiger partial charge >= 0.3 is 6.09 Å². The van der Waals surface area contributed by atoms with Gasteiger partial charge in [0.05, 0.1) is 22.8 Å². The second-order valence-electron chi connectivity index (χ2n) is 11.1. The maximum atomic E-state index is 13.9. The molecule has 242 valence electrons. The number of rotatable bonds is 9. The van der Waals surface area contributed by atoms with Crippen molar-refractivity contribution in [3.63, 3.8) is 0 Å². The molecule has 45 heavy (non-hydrogen) atoms. The SMILES string of the molecule is COC[C@H](C)Nc1cc(N2CCN(C)CC2)ccc1C(=O)Nc1nn(C(=O)O)c2c1CN(S(=O)(=O)c1cc(F)cc(F)c1)CC2. The minimum Gasteiger partial charge on any atom is -0.463 e. The van der Waals surface area contributed by atoms with Crippen molar-refractivity contribution in [2.24, 2.45) is 0 Å². The number of nitrogens with one attached hydrogen (secondary N) is 2. The summed E-state index contributed by atoms with van der Waals surface area (Å²) in [7, 11) is -0.744. The molecule has 0 spiro atoms. The first-order valence-corrected chi connectivity index (χ1v) is 15.8. The van der Waals surface area contributed by atoms with Gasteiger partial charge in [-0.1, -0.05) is 0 Å². The van der Waals surface area contributed by atoms with Gasteiger partial charge in [-0.25, -0.2) is 22.0 Å². The van der Waals surface area contributed by atoms with Crippen LogP contribution >= 0.6 is 0 Å². The molecular weight excluding hydrogens is 612 g/mol. The van der Waals surface area contributed by atoms with Crippen LogP contribution in [0.5, 0.6) is 0 Å². The third-order valence-electron chi connectivity index (χ3n) is 7.84. The van der Waals surface area contributed by atoms with Crippen LogP contribution in [-0.2, 0) is 27.7 Å². The first kappa shape index (κ1) is 32.3. The Balaban J connectivity index is 1.46. The molecule has 0 saturated carbocycles. The van der Waals surface area contributed by atoms with E-state index in [0.29, 0.717) is 35.2 Å². The third kappa shape index (κ3) is 6.93. The van der Waals surface area contributed by atoms with Gasteiger partial charge in [-0.15, -0.1) is 5.10 Å². The first-order valence-electron chi connectivity index (χ1n) is 14.3. The van der Waals surface area contributed by atoms with Crippen LogP contribution in [0.3, 0.4) is 0 Å². The monoisotopic (exact) mass is 647 g/mol. The lowest BCUT2D eigenvalue weighted by Crippen LogP contribution is -2.44. The first-order chi connectivity index (χ1) is 21.4. The zero-order chi connectivity index (χ0) is 32.5. The highest BCUT2D eigenvalue weighted by molar-refractivity contribution is 7.89. The van der Waals surface area contributed by atoms with Gasteiger partial charge in [0.25, 0.3) is 5.91 Å².